The van der Waals surface area contributed by atoms with Crippen molar-refractivity contribution in [2.24, 2.45) is 5.92 Å². The van der Waals surface area contributed by atoms with Crippen molar-refractivity contribution in [3.8, 4) is 17.1 Å². The fraction of sp³-hybridized carbons (Fsp3) is 0.488. The van der Waals surface area contributed by atoms with Crippen molar-refractivity contribution in [3.63, 3.8) is 0 Å². The fourth-order valence-corrected chi connectivity index (χ4v) is 10.3. The SMILES string of the molecule is O=C(N[C@H]1CCCCC/C=C\[C@H]2C[C@@]2(C(=O)NS(=O)(=O)C2CC2)NC(=O)[C@@H]2C[C@@H](Oc3cc(-c4ccc(Cl)cc4)nc4c5ccccc5nn34)CN2C1=O)OC1CCCC1. The highest BCUT2D eigenvalue weighted by molar-refractivity contribution is 7.91. The van der Waals surface area contributed by atoms with Crippen molar-refractivity contribution in [1.29, 1.82) is 0 Å². The maximum Gasteiger partial charge on any atom is 0.408 e. The van der Waals surface area contributed by atoms with Gasteiger partial charge in [-0.15, -0.1) is 0 Å². The predicted molar refractivity (Wildman–Crippen MR) is 222 cm³/mol. The minimum Gasteiger partial charge on any atom is -0.472 e. The lowest BCUT2D eigenvalue weighted by molar-refractivity contribution is -0.141. The van der Waals surface area contributed by atoms with E-state index in [-0.39, 0.29) is 25.5 Å². The molecule has 3 aliphatic carbocycles. The number of amides is 4. The summed E-state index contributed by atoms with van der Waals surface area (Å²) < 4.78 is 42.2. The molecule has 1 saturated heterocycles. The molecule has 5 aliphatic rings. The minimum absolute atomic E-state index is 0.0241. The molecule has 15 nitrogen and oxygen atoms in total. The van der Waals surface area contributed by atoms with Gasteiger partial charge in [0.1, 0.15) is 29.8 Å². The summed E-state index contributed by atoms with van der Waals surface area (Å²) in [6, 6.07) is 14.4. The standard InChI is InChI=1S/C43H48ClN7O8S/c44-28-18-16-26(17-19-28)35-23-37(51-38(45-35)32-13-8-9-14-33(32)48-51)58-30-22-36-39(52)47-43(41(54)49-60(56,57)31-20-21-31)24-27(43)10-4-2-1-3-5-15-34(40(53)50(36)25-30)46-42(55)59-29-11-6-7-12-29/h4,8-10,13-14,16-19,23,27,29-31,34,36H,1-3,5-7,11-12,15,20-22,24-25H2,(H,46,55)(H,47,52)(H,49,54)/b10-4-/t27-,30+,34-,36-,43+/m0/s1. The van der Waals surface area contributed by atoms with E-state index < -0.39 is 68.7 Å². The largest absolute Gasteiger partial charge is 0.472 e. The minimum atomic E-state index is -3.91. The maximum absolute atomic E-state index is 14.8. The number of alkyl carbamates (subject to hydrolysis) is 1. The Morgan fingerprint density at radius 1 is 0.933 bits per heavy atom. The van der Waals surface area contributed by atoms with Gasteiger partial charge in [-0.1, -0.05) is 60.9 Å². The zero-order valence-corrected chi connectivity index (χ0v) is 34.6. The number of allylic oxidation sites excluding steroid dienone is 1. The number of hydrogen-bond acceptors (Lipinski definition) is 10. The molecule has 0 bridgehead atoms. The van der Waals surface area contributed by atoms with Crippen LogP contribution >= 0.6 is 11.6 Å². The highest BCUT2D eigenvalue weighted by atomic mass is 35.5. The zero-order valence-electron chi connectivity index (χ0n) is 33.1. The molecule has 3 saturated carbocycles. The van der Waals surface area contributed by atoms with E-state index in [1.165, 1.54) is 4.90 Å². The summed E-state index contributed by atoms with van der Waals surface area (Å²) in [5, 5.41) is 11.3. The maximum atomic E-state index is 14.8. The first-order valence-electron chi connectivity index (χ1n) is 21.0. The Bertz CT molecular complexity index is 2470. The number of ether oxygens (including phenoxy) is 2. The van der Waals surface area contributed by atoms with Gasteiger partial charge in [0.05, 0.1) is 23.0 Å². The Balaban J connectivity index is 1.05. The van der Waals surface area contributed by atoms with Crippen molar-refractivity contribution in [2.45, 2.75) is 119 Å². The van der Waals surface area contributed by atoms with Crippen LogP contribution in [-0.2, 0) is 29.1 Å². The summed E-state index contributed by atoms with van der Waals surface area (Å²) in [6.45, 7) is -0.0355. The van der Waals surface area contributed by atoms with Crippen molar-refractivity contribution in [1.82, 2.24) is 34.9 Å². The van der Waals surface area contributed by atoms with Crippen molar-refractivity contribution >= 4 is 62.0 Å². The number of fused-ring (bicyclic) bond motifs is 5. The molecule has 60 heavy (non-hydrogen) atoms. The van der Waals surface area contributed by atoms with Crippen LogP contribution in [-0.4, -0.2) is 93.4 Å². The van der Waals surface area contributed by atoms with E-state index in [0.29, 0.717) is 59.9 Å². The molecular formula is C43H48ClN7O8S. The molecule has 3 N–H and O–H groups in total. The predicted octanol–water partition coefficient (Wildman–Crippen LogP) is 5.59. The molecule has 4 heterocycles. The molecule has 2 aliphatic heterocycles. The van der Waals surface area contributed by atoms with E-state index in [0.717, 1.165) is 49.5 Å². The number of halogens is 1. The molecule has 0 spiro atoms. The van der Waals surface area contributed by atoms with Crippen molar-refractivity contribution < 1.29 is 37.1 Å². The lowest BCUT2D eigenvalue weighted by Crippen LogP contribution is -2.58. The highest BCUT2D eigenvalue weighted by Crippen LogP contribution is 2.46. The van der Waals surface area contributed by atoms with Gasteiger partial charge in [0, 0.05) is 34.4 Å². The average Bonchev–Trinajstić information content (AvgIpc) is 4.04. The molecule has 0 radical (unpaired) electrons. The molecule has 9 rings (SSSR count). The highest BCUT2D eigenvalue weighted by Gasteiger charge is 2.62. The lowest BCUT2D eigenvalue weighted by atomic mass is 10.0. The average molecular weight is 858 g/mol. The summed E-state index contributed by atoms with van der Waals surface area (Å²) in [5.74, 6) is -2.02. The lowest BCUT2D eigenvalue weighted by Gasteiger charge is -2.30. The number of carbonyl (C=O) groups excluding carboxylic acids is 4. The van der Waals surface area contributed by atoms with Crippen LogP contribution in [0.3, 0.4) is 0 Å². The normalized spacial score (nSPS) is 27.0. The topological polar surface area (TPSA) is 190 Å². The van der Waals surface area contributed by atoms with E-state index in [1.54, 1.807) is 22.7 Å². The van der Waals surface area contributed by atoms with Crippen LogP contribution in [0.4, 0.5) is 4.79 Å². The Hall–Kier alpha value is -5.22. The molecule has 0 unspecified atom stereocenters. The quantitative estimate of drug-likeness (QED) is 0.188. The molecule has 5 atom stereocenters. The third kappa shape index (κ3) is 8.27. The van der Waals surface area contributed by atoms with Crippen LogP contribution in [0.15, 0.2) is 66.7 Å². The van der Waals surface area contributed by atoms with E-state index >= 15 is 0 Å². The number of aromatic nitrogens is 3. The zero-order chi connectivity index (χ0) is 41.6. The molecule has 316 valence electrons. The second-order valence-corrected chi connectivity index (χ2v) is 19.1. The van der Waals surface area contributed by atoms with Gasteiger partial charge >= 0.3 is 6.09 Å². The first-order chi connectivity index (χ1) is 29.0. The number of nitrogens with one attached hydrogen (secondary N) is 3. The summed E-state index contributed by atoms with van der Waals surface area (Å²) in [4.78, 5) is 62.9. The van der Waals surface area contributed by atoms with Crippen LogP contribution < -0.4 is 20.1 Å². The molecule has 4 aromatic rings. The number of benzene rings is 2. The van der Waals surface area contributed by atoms with Gasteiger partial charge in [0.2, 0.25) is 27.7 Å². The van der Waals surface area contributed by atoms with Gasteiger partial charge in [-0.25, -0.2) is 18.2 Å². The molecular weight excluding hydrogens is 810 g/mol. The Morgan fingerprint density at radius 3 is 2.48 bits per heavy atom. The summed E-state index contributed by atoms with van der Waals surface area (Å²) >= 11 is 6.22. The van der Waals surface area contributed by atoms with Crippen LogP contribution in [0.1, 0.15) is 83.5 Å². The smallest absolute Gasteiger partial charge is 0.408 e. The fourth-order valence-electron chi connectivity index (χ4n) is 8.81. The molecule has 4 fully saturated rings. The van der Waals surface area contributed by atoms with Crippen LogP contribution in [0.25, 0.3) is 27.8 Å². The van der Waals surface area contributed by atoms with E-state index in [4.69, 9.17) is 31.2 Å². The van der Waals surface area contributed by atoms with Gasteiger partial charge in [-0.05, 0) is 88.5 Å². The summed E-state index contributed by atoms with van der Waals surface area (Å²) in [7, 11) is -3.91. The third-order valence-electron chi connectivity index (χ3n) is 12.4. The second kappa shape index (κ2) is 16.3. The van der Waals surface area contributed by atoms with Gasteiger partial charge in [0.25, 0.3) is 5.91 Å². The number of carbonyl (C=O) groups is 4. The Kier molecular flexibility index (Phi) is 10.9. The molecule has 17 heteroatoms. The van der Waals surface area contributed by atoms with Gasteiger partial charge < -0.3 is 25.0 Å². The van der Waals surface area contributed by atoms with E-state index in [9.17, 15) is 27.6 Å². The van der Waals surface area contributed by atoms with Gasteiger partial charge in [-0.3, -0.25) is 19.1 Å². The van der Waals surface area contributed by atoms with Crippen LogP contribution in [0.2, 0.25) is 5.02 Å². The monoisotopic (exact) mass is 857 g/mol. The van der Waals surface area contributed by atoms with E-state index in [1.807, 2.05) is 48.6 Å². The van der Waals surface area contributed by atoms with Crippen molar-refractivity contribution in [2.75, 3.05) is 6.54 Å². The molecule has 4 amide bonds. The first-order valence-corrected chi connectivity index (χ1v) is 22.9. The van der Waals surface area contributed by atoms with Crippen LogP contribution in [0, 0.1) is 5.92 Å². The number of nitrogens with zero attached hydrogens (tertiary/aromatic N) is 4. The summed E-state index contributed by atoms with van der Waals surface area (Å²) in [5.41, 5.74) is 1.08. The Labute approximate surface area is 352 Å². The van der Waals surface area contributed by atoms with Gasteiger partial charge in [0.15, 0.2) is 5.65 Å². The second-order valence-electron chi connectivity index (χ2n) is 16.7. The number of rotatable bonds is 8. The van der Waals surface area contributed by atoms with E-state index in [2.05, 4.69) is 15.4 Å². The molecule has 2 aromatic carbocycles. The van der Waals surface area contributed by atoms with Crippen LogP contribution in [0.5, 0.6) is 5.88 Å². The molecule has 2 aromatic heterocycles. The van der Waals surface area contributed by atoms with Gasteiger partial charge in [-0.2, -0.15) is 9.61 Å². The van der Waals surface area contributed by atoms with Crippen molar-refractivity contribution in [3.05, 3.63) is 71.8 Å². The Morgan fingerprint density at radius 2 is 1.70 bits per heavy atom. The number of sulfonamides is 1. The first kappa shape index (κ1) is 40.2. The summed E-state index contributed by atoms with van der Waals surface area (Å²) in [6.07, 6.45) is 10.0. The number of hydrogen-bond donors (Lipinski definition) is 3. The third-order valence-corrected chi connectivity index (χ3v) is 14.5.